The fourth-order valence-electron chi connectivity index (χ4n) is 5.44. The van der Waals surface area contributed by atoms with Gasteiger partial charge in [0, 0.05) is 12.8 Å². The van der Waals surface area contributed by atoms with Crippen LogP contribution in [0.15, 0.2) is 24.3 Å². The third-order valence-corrected chi connectivity index (χ3v) is 9.72. The van der Waals surface area contributed by atoms with Crippen LogP contribution in [-0.2, 0) is 32.7 Å². The van der Waals surface area contributed by atoms with E-state index in [2.05, 4.69) is 38.2 Å². The number of unbranched alkanes of at least 4 members (excludes halogenated alkanes) is 19. The molecule has 300 valence electrons. The smallest absolute Gasteiger partial charge is 0.462 e. The Morgan fingerprint density at radius 3 is 1.61 bits per heavy atom. The molecule has 0 radical (unpaired) electrons. The maximum absolute atomic E-state index is 12.6. The summed E-state index contributed by atoms with van der Waals surface area (Å²) in [4.78, 5) is 35.2. The molecule has 0 aliphatic carbocycles. The van der Waals surface area contributed by atoms with Gasteiger partial charge >= 0.3 is 19.8 Å². The van der Waals surface area contributed by atoms with Gasteiger partial charge in [0.1, 0.15) is 19.8 Å². The molecular weight excluding hydrogens is 665 g/mol. The number of nitrogens with zero attached hydrogens (tertiary/aromatic N) is 1. The van der Waals surface area contributed by atoms with Gasteiger partial charge in [0.15, 0.2) is 6.10 Å². The second-order valence-corrected chi connectivity index (χ2v) is 16.5. The Morgan fingerprint density at radius 1 is 0.608 bits per heavy atom. The number of ether oxygens (including phenoxy) is 2. The van der Waals surface area contributed by atoms with Crippen LogP contribution in [-0.4, -0.2) is 74.9 Å². The average Bonchev–Trinajstić information content (AvgIpc) is 3.07. The molecule has 0 aromatic rings. The quantitative estimate of drug-likeness (QED) is 0.0220. The van der Waals surface area contributed by atoms with Gasteiger partial charge in [-0.1, -0.05) is 147 Å². The van der Waals surface area contributed by atoms with E-state index >= 15 is 0 Å². The fraction of sp³-hybridized carbons (Fsp3) is 0.854. The molecule has 0 rings (SSSR count). The minimum Gasteiger partial charge on any atom is -0.462 e. The third kappa shape index (κ3) is 38.0. The summed E-state index contributed by atoms with van der Waals surface area (Å²) in [5.74, 6) is -0.812. The molecule has 51 heavy (non-hydrogen) atoms. The zero-order valence-corrected chi connectivity index (χ0v) is 34.5. The predicted octanol–water partition coefficient (Wildman–Crippen LogP) is 11.2. The molecule has 0 saturated carbocycles. The fourth-order valence-corrected chi connectivity index (χ4v) is 6.18. The van der Waals surface area contributed by atoms with E-state index in [1.54, 1.807) is 0 Å². The van der Waals surface area contributed by atoms with Crippen LogP contribution >= 0.6 is 7.82 Å². The van der Waals surface area contributed by atoms with Crippen LogP contribution in [0.25, 0.3) is 0 Å². The van der Waals surface area contributed by atoms with Crippen molar-refractivity contribution in [3.63, 3.8) is 0 Å². The minimum absolute atomic E-state index is 0.0310. The Morgan fingerprint density at radius 2 is 1.08 bits per heavy atom. The normalized spacial score (nSPS) is 13.9. The van der Waals surface area contributed by atoms with Crippen LogP contribution in [0.4, 0.5) is 0 Å². The van der Waals surface area contributed by atoms with Crippen molar-refractivity contribution in [2.75, 3.05) is 47.5 Å². The molecule has 9 nitrogen and oxygen atoms in total. The number of phosphoric ester groups is 1. The van der Waals surface area contributed by atoms with E-state index in [0.29, 0.717) is 17.4 Å². The summed E-state index contributed by atoms with van der Waals surface area (Å²) in [5, 5.41) is 0. The molecule has 0 aliphatic heterocycles. The maximum atomic E-state index is 12.6. The standard InChI is InChI=1S/C41H78NO8P/c1-6-8-10-12-14-16-18-20-22-23-25-27-29-31-33-40(43)47-37-39(38-49-51(45,46)48-36-35-42(3,4)5)50-41(44)34-32-30-28-26-24-21-19-17-15-13-11-9-7-2/h12,14,18,20,39H,6-11,13,15-17,19,21-38H2,1-5H3/p+1/b14-12+,20-18+/t39-/m1/s1. The Hall–Kier alpha value is -1.51. The molecule has 1 unspecified atom stereocenters. The van der Waals surface area contributed by atoms with Crippen molar-refractivity contribution in [1.82, 2.24) is 0 Å². The molecule has 0 fully saturated rings. The van der Waals surface area contributed by atoms with E-state index in [1.807, 2.05) is 21.1 Å². The molecule has 0 bridgehead atoms. The highest BCUT2D eigenvalue weighted by atomic mass is 31.2. The number of carbonyl (C=O) groups excluding carboxylic acids is 2. The first-order valence-corrected chi connectivity index (χ1v) is 22.1. The van der Waals surface area contributed by atoms with E-state index in [9.17, 15) is 19.0 Å². The van der Waals surface area contributed by atoms with Crippen molar-refractivity contribution in [3.05, 3.63) is 24.3 Å². The summed E-state index contributed by atoms with van der Waals surface area (Å²) in [7, 11) is 1.47. The van der Waals surface area contributed by atoms with E-state index in [0.717, 1.165) is 57.8 Å². The molecule has 10 heteroatoms. The van der Waals surface area contributed by atoms with Crippen LogP contribution < -0.4 is 0 Å². The Balaban J connectivity index is 4.41. The predicted molar refractivity (Wildman–Crippen MR) is 211 cm³/mol. The van der Waals surface area contributed by atoms with Crippen LogP contribution in [0.5, 0.6) is 0 Å². The van der Waals surface area contributed by atoms with Crippen molar-refractivity contribution in [3.8, 4) is 0 Å². The lowest BCUT2D eigenvalue weighted by Gasteiger charge is -2.24. The molecule has 0 heterocycles. The van der Waals surface area contributed by atoms with Gasteiger partial charge in [-0.3, -0.25) is 18.6 Å². The lowest BCUT2D eigenvalue weighted by molar-refractivity contribution is -0.870. The summed E-state index contributed by atoms with van der Waals surface area (Å²) < 4.78 is 34.2. The van der Waals surface area contributed by atoms with Crippen LogP contribution in [0.3, 0.4) is 0 Å². The first-order valence-electron chi connectivity index (χ1n) is 20.6. The van der Waals surface area contributed by atoms with E-state index < -0.39 is 26.5 Å². The van der Waals surface area contributed by atoms with Gasteiger partial charge in [0.05, 0.1) is 27.7 Å². The van der Waals surface area contributed by atoms with Gasteiger partial charge in [-0.05, 0) is 38.5 Å². The molecule has 0 aliphatic rings. The first kappa shape index (κ1) is 49.5. The van der Waals surface area contributed by atoms with Crippen LogP contribution in [0.2, 0.25) is 0 Å². The van der Waals surface area contributed by atoms with Gasteiger partial charge in [0.25, 0.3) is 0 Å². The molecule has 0 aromatic heterocycles. The largest absolute Gasteiger partial charge is 0.472 e. The molecule has 1 N–H and O–H groups in total. The van der Waals surface area contributed by atoms with Crippen molar-refractivity contribution in [2.45, 2.75) is 180 Å². The summed E-state index contributed by atoms with van der Waals surface area (Å²) >= 11 is 0. The number of phosphoric acid groups is 1. The van der Waals surface area contributed by atoms with Gasteiger partial charge in [-0.2, -0.15) is 0 Å². The maximum Gasteiger partial charge on any atom is 0.472 e. The summed E-state index contributed by atoms with van der Waals surface area (Å²) in [6.07, 6.45) is 35.0. The second-order valence-electron chi connectivity index (χ2n) is 15.0. The van der Waals surface area contributed by atoms with Crippen molar-refractivity contribution < 1.29 is 42.1 Å². The number of carbonyl (C=O) groups is 2. The monoisotopic (exact) mass is 745 g/mol. The Bertz CT molecular complexity index is 933. The van der Waals surface area contributed by atoms with Crippen LogP contribution in [0, 0.1) is 0 Å². The summed E-state index contributed by atoms with van der Waals surface area (Å²) in [6, 6.07) is 0. The highest BCUT2D eigenvalue weighted by molar-refractivity contribution is 7.47. The van der Waals surface area contributed by atoms with E-state index in [1.165, 1.54) is 83.5 Å². The number of rotatable bonds is 37. The SMILES string of the molecule is CCCC/C=C/C/C=C/CCCCCCCC(=O)OC[C@H](COP(=O)(O)OCC[N+](C)(C)C)OC(=O)CCCCCCCCCCCCCCC. The van der Waals surface area contributed by atoms with Gasteiger partial charge in [-0.15, -0.1) is 0 Å². The molecule has 2 atom stereocenters. The molecular formula is C41H79NO8P+. The van der Waals surface area contributed by atoms with Gasteiger partial charge in [0.2, 0.25) is 0 Å². The number of allylic oxidation sites excluding steroid dienone is 4. The van der Waals surface area contributed by atoms with Gasteiger partial charge in [-0.25, -0.2) is 4.57 Å². The number of quaternary nitrogens is 1. The average molecular weight is 745 g/mol. The first-order chi connectivity index (χ1) is 24.5. The van der Waals surface area contributed by atoms with Crippen molar-refractivity contribution in [1.29, 1.82) is 0 Å². The Kier molecular flexibility index (Phi) is 33.3. The van der Waals surface area contributed by atoms with Crippen molar-refractivity contribution in [2.24, 2.45) is 0 Å². The van der Waals surface area contributed by atoms with E-state index in [4.69, 9.17) is 18.5 Å². The topological polar surface area (TPSA) is 108 Å². The number of esters is 2. The number of hydrogen-bond acceptors (Lipinski definition) is 7. The second kappa shape index (κ2) is 34.3. The van der Waals surface area contributed by atoms with E-state index in [-0.39, 0.29) is 32.0 Å². The lowest BCUT2D eigenvalue weighted by atomic mass is 10.0. The Labute approximate surface area is 313 Å². The zero-order chi connectivity index (χ0) is 37.9. The summed E-state index contributed by atoms with van der Waals surface area (Å²) in [6.45, 7) is 4.36. The molecule has 0 aromatic carbocycles. The number of likely N-dealkylation sites (N-methyl/N-ethyl adjacent to an activating group) is 1. The molecule has 0 amide bonds. The zero-order valence-electron chi connectivity index (χ0n) is 33.6. The highest BCUT2D eigenvalue weighted by Crippen LogP contribution is 2.43. The minimum atomic E-state index is -4.37. The van der Waals surface area contributed by atoms with Crippen molar-refractivity contribution >= 4 is 19.8 Å². The lowest BCUT2D eigenvalue weighted by Crippen LogP contribution is -2.37. The van der Waals surface area contributed by atoms with Gasteiger partial charge < -0.3 is 18.9 Å². The highest BCUT2D eigenvalue weighted by Gasteiger charge is 2.27. The molecule has 0 spiro atoms. The number of hydrogen-bond donors (Lipinski definition) is 1. The molecule has 0 saturated heterocycles. The van der Waals surface area contributed by atoms with Crippen LogP contribution in [0.1, 0.15) is 174 Å². The third-order valence-electron chi connectivity index (χ3n) is 8.73. The summed E-state index contributed by atoms with van der Waals surface area (Å²) in [5.41, 5.74) is 0.